The molecule has 1 fully saturated rings. The van der Waals surface area contributed by atoms with Gasteiger partial charge in [0.2, 0.25) is 0 Å². The summed E-state index contributed by atoms with van der Waals surface area (Å²) in [5.41, 5.74) is 2.39. The lowest BCUT2D eigenvalue weighted by Crippen LogP contribution is -2.36. The van der Waals surface area contributed by atoms with Crippen molar-refractivity contribution in [2.24, 2.45) is 0 Å². The molecule has 0 radical (unpaired) electrons. The Bertz CT molecular complexity index is 816. The van der Waals surface area contributed by atoms with E-state index in [1.165, 1.54) is 5.56 Å². The minimum Gasteiger partial charge on any atom is -0.379 e. The van der Waals surface area contributed by atoms with Gasteiger partial charge >= 0.3 is 0 Å². The van der Waals surface area contributed by atoms with Gasteiger partial charge in [-0.15, -0.1) is 10.2 Å². The van der Waals surface area contributed by atoms with E-state index < -0.39 is 0 Å². The third-order valence-corrected chi connectivity index (χ3v) is 5.39. The molecule has 0 spiro atoms. The average molecular weight is 366 g/mol. The third-order valence-electron chi connectivity index (χ3n) is 4.39. The lowest BCUT2D eigenvalue weighted by molar-refractivity contribution is 0.0328. The normalized spacial score (nSPS) is 15.2. The predicted octanol–water partition coefficient (Wildman–Crippen LogP) is 3.39. The van der Waals surface area contributed by atoms with Crippen LogP contribution in [0, 0.1) is 0 Å². The third kappa shape index (κ3) is 4.15. The van der Waals surface area contributed by atoms with E-state index in [2.05, 4.69) is 68.2 Å². The fraction of sp³-hybridized carbons (Fsp3) is 0.300. The molecule has 0 atom stereocenters. The van der Waals surface area contributed by atoms with Crippen LogP contribution in [0.1, 0.15) is 11.4 Å². The Hall–Kier alpha value is -2.15. The zero-order chi connectivity index (χ0) is 17.6. The van der Waals surface area contributed by atoms with Crippen molar-refractivity contribution in [2.75, 3.05) is 26.3 Å². The molecule has 0 N–H and O–H groups in total. The number of rotatable bonds is 6. The summed E-state index contributed by atoms with van der Waals surface area (Å²) in [6.45, 7) is 4.24. The molecule has 0 saturated carbocycles. The van der Waals surface area contributed by atoms with Crippen LogP contribution < -0.4 is 0 Å². The molecule has 26 heavy (non-hydrogen) atoms. The molecule has 2 aromatic carbocycles. The number of morpholine rings is 1. The molecule has 0 amide bonds. The Morgan fingerprint density at radius 1 is 0.885 bits per heavy atom. The van der Waals surface area contributed by atoms with Gasteiger partial charge in [0.05, 0.1) is 19.8 Å². The SMILES string of the molecule is c1ccc(CSc2nnc(CN3CCOCC3)n2-c2ccccc2)cc1. The predicted molar refractivity (Wildman–Crippen MR) is 103 cm³/mol. The van der Waals surface area contributed by atoms with E-state index in [-0.39, 0.29) is 0 Å². The fourth-order valence-corrected chi connectivity index (χ4v) is 3.94. The van der Waals surface area contributed by atoms with Gasteiger partial charge in [-0.25, -0.2) is 0 Å². The second-order valence-corrected chi connectivity index (χ2v) is 7.18. The van der Waals surface area contributed by atoms with Gasteiger partial charge in [-0.05, 0) is 17.7 Å². The van der Waals surface area contributed by atoms with E-state index in [4.69, 9.17) is 4.74 Å². The van der Waals surface area contributed by atoms with Gasteiger partial charge < -0.3 is 4.74 Å². The van der Waals surface area contributed by atoms with E-state index >= 15 is 0 Å². The molecular formula is C20H22N4OS. The first kappa shape index (κ1) is 17.3. The highest BCUT2D eigenvalue weighted by Crippen LogP contribution is 2.25. The highest BCUT2D eigenvalue weighted by Gasteiger charge is 2.18. The number of benzene rings is 2. The van der Waals surface area contributed by atoms with Crippen LogP contribution in [0.5, 0.6) is 0 Å². The maximum atomic E-state index is 5.46. The first-order chi connectivity index (χ1) is 12.9. The first-order valence-electron chi connectivity index (χ1n) is 8.87. The Balaban J connectivity index is 1.58. The van der Waals surface area contributed by atoms with Gasteiger partial charge in [0.25, 0.3) is 0 Å². The van der Waals surface area contributed by atoms with Crippen LogP contribution in [-0.2, 0) is 17.0 Å². The largest absolute Gasteiger partial charge is 0.379 e. The lowest BCUT2D eigenvalue weighted by Gasteiger charge is -2.26. The zero-order valence-electron chi connectivity index (χ0n) is 14.6. The smallest absolute Gasteiger partial charge is 0.196 e. The van der Waals surface area contributed by atoms with Gasteiger partial charge in [-0.2, -0.15) is 0 Å². The number of nitrogens with zero attached hydrogens (tertiary/aromatic N) is 4. The zero-order valence-corrected chi connectivity index (χ0v) is 15.4. The van der Waals surface area contributed by atoms with Gasteiger partial charge in [0.1, 0.15) is 0 Å². The molecule has 4 rings (SSSR count). The summed E-state index contributed by atoms with van der Waals surface area (Å²) < 4.78 is 7.64. The summed E-state index contributed by atoms with van der Waals surface area (Å²) in [6.07, 6.45) is 0. The Kier molecular flexibility index (Phi) is 5.64. The van der Waals surface area contributed by atoms with E-state index in [9.17, 15) is 0 Å². The monoisotopic (exact) mass is 366 g/mol. The van der Waals surface area contributed by atoms with Gasteiger partial charge in [-0.1, -0.05) is 60.3 Å². The number of para-hydroxylation sites is 1. The van der Waals surface area contributed by atoms with E-state index in [1.54, 1.807) is 11.8 Å². The van der Waals surface area contributed by atoms with Crippen LogP contribution in [0.2, 0.25) is 0 Å². The lowest BCUT2D eigenvalue weighted by atomic mass is 10.2. The van der Waals surface area contributed by atoms with Crippen LogP contribution in [0.4, 0.5) is 0 Å². The van der Waals surface area contributed by atoms with Crippen molar-refractivity contribution in [1.29, 1.82) is 0 Å². The second-order valence-electron chi connectivity index (χ2n) is 6.23. The van der Waals surface area contributed by atoms with Crippen LogP contribution in [0.3, 0.4) is 0 Å². The minimum atomic E-state index is 0.787. The summed E-state index contributed by atoms with van der Waals surface area (Å²) in [5.74, 6) is 1.86. The molecule has 134 valence electrons. The minimum absolute atomic E-state index is 0.787. The van der Waals surface area contributed by atoms with Gasteiger partial charge in [-0.3, -0.25) is 9.47 Å². The molecule has 3 aromatic rings. The maximum absolute atomic E-state index is 5.46. The molecule has 0 bridgehead atoms. The highest BCUT2D eigenvalue weighted by atomic mass is 32.2. The van der Waals surface area contributed by atoms with E-state index in [1.807, 2.05) is 12.1 Å². The standard InChI is InChI=1S/C20H22N4OS/c1-3-7-17(8-4-1)16-26-20-22-21-19(15-23-11-13-25-14-12-23)24(20)18-9-5-2-6-10-18/h1-10H,11-16H2. The van der Waals surface area contributed by atoms with Crippen molar-refractivity contribution in [3.8, 4) is 5.69 Å². The van der Waals surface area contributed by atoms with Crippen molar-refractivity contribution in [2.45, 2.75) is 17.5 Å². The van der Waals surface area contributed by atoms with Crippen molar-refractivity contribution in [3.05, 3.63) is 72.1 Å². The van der Waals surface area contributed by atoms with Crippen molar-refractivity contribution < 1.29 is 4.74 Å². The molecule has 1 aliphatic heterocycles. The van der Waals surface area contributed by atoms with E-state index in [0.717, 1.165) is 55.3 Å². The Labute approximate surface area is 158 Å². The topological polar surface area (TPSA) is 43.2 Å². The van der Waals surface area contributed by atoms with Crippen molar-refractivity contribution in [3.63, 3.8) is 0 Å². The van der Waals surface area contributed by atoms with Gasteiger partial charge in [0, 0.05) is 24.5 Å². The second kappa shape index (κ2) is 8.49. The quantitative estimate of drug-likeness (QED) is 0.626. The molecule has 1 aromatic heterocycles. The number of hydrogen-bond donors (Lipinski definition) is 0. The van der Waals surface area contributed by atoms with Crippen molar-refractivity contribution in [1.82, 2.24) is 19.7 Å². The molecule has 2 heterocycles. The number of ether oxygens (including phenoxy) is 1. The van der Waals surface area contributed by atoms with E-state index in [0.29, 0.717) is 0 Å². The molecule has 5 nitrogen and oxygen atoms in total. The maximum Gasteiger partial charge on any atom is 0.196 e. The Morgan fingerprint density at radius 3 is 2.31 bits per heavy atom. The highest BCUT2D eigenvalue weighted by molar-refractivity contribution is 7.98. The number of thioether (sulfide) groups is 1. The van der Waals surface area contributed by atoms with Crippen LogP contribution in [-0.4, -0.2) is 46.0 Å². The van der Waals surface area contributed by atoms with Crippen LogP contribution in [0.25, 0.3) is 5.69 Å². The Morgan fingerprint density at radius 2 is 1.58 bits per heavy atom. The van der Waals surface area contributed by atoms with Crippen LogP contribution >= 0.6 is 11.8 Å². The molecule has 0 aliphatic carbocycles. The molecular weight excluding hydrogens is 344 g/mol. The molecule has 6 heteroatoms. The summed E-state index contributed by atoms with van der Waals surface area (Å²) in [6, 6.07) is 20.8. The number of hydrogen-bond acceptors (Lipinski definition) is 5. The number of aromatic nitrogens is 3. The average Bonchev–Trinajstić information content (AvgIpc) is 3.11. The molecule has 0 unspecified atom stereocenters. The molecule has 1 aliphatic rings. The molecule has 1 saturated heterocycles. The summed E-state index contributed by atoms with van der Waals surface area (Å²) >= 11 is 1.72. The summed E-state index contributed by atoms with van der Waals surface area (Å²) in [4.78, 5) is 2.37. The summed E-state index contributed by atoms with van der Waals surface area (Å²) in [5, 5.41) is 9.93. The fourth-order valence-electron chi connectivity index (χ4n) is 3.01. The summed E-state index contributed by atoms with van der Waals surface area (Å²) in [7, 11) is 0. The first-order valence-corrected chi connectivity index (χ1v) is 9.85. The van der Waals surface area contributed by atoms with Crippen molar-refractivity contribution >= 4 is 11.8 Å². The van der Waals surface area contributed by atoms with Crippen LogP contribution in [0.15, 0.2) is 65.8 Å². The van der Waals surface area contributed by atoms with Gasteiger partial charge in [0.15, 0.2) is 11.0 Å².